The maximum atomic E-state index is 12.5. The molecular weight excluding hydrogens is 452 g/mol. The first-order chi connectivity index (χ1) is 14.8. The number of aromatic hydroxyl groups is 1. The number of carbonyl (C=O) groups excluding carboxylic acids is 1. The largest absolute Gasteiger partial charge is 0.497 e. The number of carbonyl (C=O) groups is 1. The van der Waals surface area contributed by atoms with Crippen LogP contribution in [0.25, 0.3) is 11.0 Å². The molecule has 0 spiro atoms. The average Bonchev–Trinajstić information content (AvgIpc) is 2.66. The normalized spacial score (nSPS) is 11.3. The molecule has 166 valence electrons. The molecule has 32 heavy (non-hydrogen) atoms. The molecule has 4 N–H and O–H groups in total. The molecule has 0 aliphatic rings. The fraction of sp³-hybridized carbons (Fsp3) is 0.0588. The minimum absolute atomic E-state index is 0.0706. The van der Waals surface area contributed by atoms with Gasteiger partial charge < -0.3 is 14.8 Å². The maximum absolute atomic E-state index is 12.5. The van der Waals surface area contributed by atoms with Crippen molar-refractivity contribution < 1.29 is 32.6 Å². The zero-order valence-corrected chi connectivity index (χ0v) is 16.7. The molecule has 0 bridgehead atoms. The molecule has 2 aromatic carbocycles. The van der Waals surface area contributed by atoms with Crippen LogP contribution in [0.4, 0.5) is 17.1 Å². The van der Waals surface area contributed by atoms with Crippen LogP contribution in [-0.2, 0) is 10.0 Å². The van der Waals surface area contributed by atoms with E-state index in [1.54, 1.807) is 0 Å². The molecule has 0 aliphatic carbocycles. The molecule has 0 atom stereocenters. The summed E-state index contributed by atoms with van der Waals surface area (Å²) < 4.78 is 27.4. The predicted molar refractivity (Wildman–Crippen MR) is 108 cm³/mol. The third kappa shape index (κ3) is 3.84. The van der Waals surface area contributed by atoms with E-state index >= 15 is 0 Å². The van der Waals surface area contributed by atoms with E-state index in [1.807, 2.05) is 0 Å². The standard InChI is InChI=1S/C17H12N4O10S/c1-7-10-6-11(16(23)19-8-2-4-9(5-3-8)32(18,29)30)17(24)31-15(10)13(21(27)28)14(22)12(7)20(25)26/h2-6,22H,1H3,(H,19,23)(H2,18,29,30). The number of nitrogens with one attached hydrogen (secondary N) is 1. The summed E-state index contributed by atoms with van der Waals surface area (Å²) in [6.07, 6.45) is 0. The number of nitro benzene ring substituents is 2. The first-order valence-corrected chi connectivity index (χ1v) is 9.94. The lowest BCUT2D eigenvalue weighted by molar-refractivity contribution is -0.395. The number of phenolic OH excluding ortho intramolecular Hbond substituents is 1. The Labute approximate surface area is 177 Å². The van der Waals surface area contributed by atoms with Crippen molar-refractivity contribution in [2.24, 2.45) is 5.14 Å². The molecular formula is C17H12N4O10S. The Morgan fingerprint density at radius 3 is 2.19 bits per heavy atom. The Morgan fingerprint density at radius 2 is 1.69 bits per heavy atom. The minimum atomic E-state index is -3.97. The van der Waals surface area contributed by atoms with E-state index < -0.39 is 59.7 Å². The Hall–Kier alpha value is -4.37. The SMILES string of the molecule is Cc1c([N+](=O)[O-])c(O)c([N+](=O)[O-])c2oc(=O)c(C(=O)Nc3ccc(S(N)(=O)=O)cc3)cc12. The van der Waals surface area contributed by atoms with Crippen molar-refractivity contribution in [1.29, 1.82) is 0 Å². The molecule has 0 saturated carbocycles. The fourth-order valence-electron chi connectivity index (χ4n) is 2.93. The molecule has 1 heterocycles. The van der Waals surface area contributed by atoms with Crippen LogP contribution in [-0.4, -0.2) is 29.3 Å². The highest BCUT2D eigenvalue weighted by atomic mass is 32.2. The van der Waals surface area contributed by atoms with Crippen LogP contribution in [0.2, 0.25) is 0 Å². The number of benzene rings is 2. The first-order valence-electron chi connectivity index (χ1n) is 8.39. The summed E-state index contributed by atoms with van der Waals surface area (Å²) in [5.41, 5.74) is -5.08. The van der Waals surface area contributed by atoms with Gasteiger partial charge in [0.05, 0.1) is 14.7 Å². The summed E-state index contributed by atoms with van der Waals surface area (Å²) in [6.45, 7) is 1.15. The van der Waals surface area contributed by atoms with E-state index in [2.05, 4.69) is 5.32 Å². The molecule has 3 rings (SSSR count). The van der Waals surface area contributed by atoms with E-state index in [-0.39, 0.29) is 21.5 Å². The molecule has 1 amide bonds. The summed E-state index contributed by atoms with van der Waals surface area (Å²) >= 11 is 0. The second-order valence-electron chi connectivity index (χ2n) is 6.40. The zero-order valence-electron chi connectivity index (χ0n) is 15.9. The van der Waals surface area contributed by atoms with Crippen molar-refractivity contribution in [3.8, 4) is 5.75 Å². The van der Waals surface area contributed by atoms with E-state index in [0.29, 0.717) is 0 Å². The van der Waals surface area contributed by atoms with Crippen molar-refractivity contribution >= 4 is 44.0 Å². The number of hydrogen-bond acceptors (Lipinski definition) is 10. The van der Waals surface area contributed by atoms with Gasteiger partial charge in [-0.2, -0.15) is 0 Å². The number of rotatable bonds is 5. The van der Waals surface area contributed by atoms with Gasteiger partial charge in [-0.3, -0.25) is 25.0 Å². The molecule has 0 fully saturated rings. The van der Waals surface area contributed by atoms with Gasteiger partial charge in [0, 0.05) is 16.6 Å². The van der Waals surface area contributed by atoms with E-state index in [1.165, 1.54) is 12.1 Å². The number of primary sulfonamides is 1. The van der Waals surface area contributed by atoms with Crippen molar-refractivity contribution in [2.45, 2.75) is 11.8 Å². The van der Waals surface area contributed by atoms with Crippen LogP contribution < -0.4 is 16.1 Å². The van der Waals surface area contributed by atoms with Crippen LogP contribution >= 0.6 is 0 Å². The van der Waals surface area contributed by atoms with Crippen LogP contribution in [0.15, 0.2) is 44.4 Å². The lowest BCUT2D eigenvalue weighted by atomic mass is 10.0. The van der Waals surface area contributed by atoms with Gasteiger partial charge in [0.15, 0.2) is 0 Å². The molecule has 0 saturated heterocycles. The van der Waals surface area contributed by atoms with Gasteiger partial charge in [-0.05, 0) is 37.3 Å². The number of sulfonamides is 1. The van der Waals surface area contributed by atoms with E-state index in [4.69, 9.17) is 9.56 Å². The number of fused-ring (bicyclic) bond motifs is 1. The average molecular weight is 464 g/mol. The number of hydrogen-bond donors (Lipinski definition) is 3. The van der Waals surface area contributed by atoms with E-state index in [9.17, 15) is 43.3 Å². The topological polar surface area (TPSA) is 226 Å². The lowest BCUT2D eigenvalue weighted by Gasteiger charge is -2.08. The third-order valence-corrected chi connectivity index (χ3v) is 5.35. The maximum Gasteiger partial charge on any atom is 0.360 e. The summed E-state index contributed by atoms with van der Waals surface area (Å²) in [4.78, 5) is 45.0. The molecule has 3 aromatic rings. The molecule has 15 heteroatoms. The van der Waals surface area contributed by atoms with Gasteiger partial charge in [-0.1, -0.05) is 0 Å². The van der Waals surface area contributed by atoms with Crippen LogP contribution in [0.5, 0.6) is 5.75 Å². The van der Waals surface area contributed by atoms with Gasteiger partial charge in [-0.15, -0.1) is 0 Å². The van der Waals surface area contributed by atoms with Crippen LogP contribution in [0.3, 0.4) is 0 Å². The van der Waals surface area contributed by atoms with Gasteiger partial charge in [0.1, 0.15) is 5.56 Å². The monoisotopic (exact) mass is 464 g/mol. The quantitative estimate of drug-likeness (QED) is 0.280. The van der Waals surface area contributed by atoms with Crippen molar-refractivity contribution in [3.05, 3.63) is 72.1 Å². The number of nitro groups is 2. The molecule has 14 nitrogen and oxygen atoms in total. The summed E-state index contributed by atoms with van der Waals surface area (Å²) in [5, 5.41) is 39.6. The van der Waals surface area contributed by atoms with Crippen molar-refractivity contribution in [2.75, 3.05) is 5.32 Å². The van der Waals surface area contributed by atoms with Crippen LogP contribution in [0.1, 0.15) is 15.9 Å². The highest BCUT2D eigenvalue weighted by Crippen LogP contribution is 2.44. The number of nitrogens with zero attached hydrogens (tertiary/aromatic N) is 2. The summed E-state index contributed by atoms with van der Waals surface area (Å²) in [6, 6.07) is 5.46. The smallest absolute Gasteiger partial charge is 0.360 e. The second-order valence-corrected chi connectivity index (χ2v) is 7.96. The summed E-state index contributed by atoms with van der Waals surface area (Å²) in [5.74, 6) is -2.33. The Balaban J connectivity index is 2.14. The molecule has 0 radical (unpaired) electrons. The van der Waals surface area contributed by atoms with Gasteiger partial charge >= 0.3 is 17.0 Å². The summed E-state index contributed by atoms with van der Waals surface area (Å²) in [7, 11) is -3.97. The number of nitrogens with two attached hydrogens (primary N) is 1. The van der Waals surface area contributed by atoms with E-state index in [0.717, 1.165) is 25.1 Å². The highest BCUT2D eigenvalue weighted by molar-refractivity contribution is 7.89. The van der Waals surface area contributed by atoms with Gasteiger partial charge in [0.25, 0.3) is 11.7 Å². The lowest BCUT2D eigenvalue weighted by Crippen LogP contribution is -2.21. The molecule has 1 aromatic heterocycles. The Morgan fingerprint density at radius 1 is 1.12 bits per heavy atom. The molecule has 0 aliphatic heterocycles. The molecule has 0 unspecified atom stereocenters. The second kappa shape index (κ2) is 7.71. The fourth-order valence-corrected chi connectivity index (χ4v) is 3.44. The number of phenols is 1. The first kappa shape index (κ1) is 22.3. The zero-order chi connectivity index (χ0) is 24.0. The minimum Gasteiger partial charge on any atom is -0.497 e. The highest BCUT2D eigenvalue weighted by Gasteiger charge is 2.34. The van der Waals surface area contributed by atoms with Gasteiger partial charge in [0.2, 0.25) is 15.6 Å². The number of anilines is 1. The Bertz CT molecular complexity index is 1480. The predicted octanol–water partition coefficient (Wildman–Crippen LogP) is 1.52. The van der Waals surface area contributed by atoms with Crippen molar-refractivity contribution in [3.63, 3.8) is 0 Å². The number of aryl methyl sites for hydroxylation is 1. The Kier molecular flexibility index (Phi) is 5.38. The van der Waals surface area contributed by atoms with Gasteiger partial charge in [-0.25, -0.2) is 18.4 Å². The number of amides is 1. The van der Waals surface area contributed by atoms with Crippen molar-refractivity contribution in [1.82, 2.24) is 0 Å². The third-order valence-electron chi connectivity index (χ3n) is 4.42. The van der Waals surface area contributed by atoms with Crippen LogP contribution in [0, 0.1) is 27.2 Å².